The Kier molecular flexibility index (Phi) is 4.89. The fourth-order valence-electron chi connectivity index (χ4n) is 2.25. The summed E-state index contributed by atoms with van der Waals surface area (Å²) >= 11 is 1.21. The summed E-state index contributed by atoms with van der Waals surface area (Å²) in [6.45, 7) is 2.98. The third kappa shape index (κ3) is 4.01. The maximum absolute atomic E-state index is 12.0. The van der Waals surface area contributed by atoms with Gasteiger partial charge in [-0.1, -0.05) is 0 Å². The van der Waals surface area contributed by atoms with E-state index >= 15 is 0 Å². The molecule has 114 valence electrons. The van der Waals surface area contributed by atoms with Gasteiger partial charge in [-0.3, -0.25) is 9.59 Å². The first-order valence-electron chi connectivity index (χ1n) is 6.68. The molecule has 1 fully saturated rings. The minimum absolute atomic E-state index is 0.000912. The molecule has 0 unspecified atom stereocenters. The summed E-state index contributed by atoms with van der Waals surface area (Å²) in [7, 11) is 0. The van der Waals surface area contributed by atoms with Gasteiger partial charge < -0.3 is 15.3 Å². The number of nitrogens with zero attached hydrogens (tertiary/aromatic N) is 2. The summed E-state index contributed by atoms with van der Waals surface area (Å²) in [5.41, 5.74) is -0.000912. The fraction of sp³-hybridized carbons (Fsp3) is 0.538. The molecule has 2 heterocycles. The van der Waals surface area contributed by atoms with Gasteiger partial charge in [-0.15, -0.1) is 11.3 Å². The second kappa shape index (κ2) is 6.66. The smallest absolute Gasteiger partial charge is 0.355 e. The number of nitrogens with one attached hydrogen (secondary N) is 1. The summed E-state index contributed by atoms with van der Waals surface area (Å²) in [4.78, 5) is 39.6. The molecule has 0 spiro atoms. The summed E-state index contributed by atoms with van der Waals surface area (Å²) < 4.78 is 0. The summed E-state index contributed by atoms with van der Waals surface area (Å²) in [5, 5.41) is 13.6. The van der Waals surface area contributed by atoms with Crippen LogP contribution < -0.4 is 5.32 Å². The van der Waals surface area contributed by atoms with Gasteiger partial charge in [0.1, 0.15) is 5.01 Å². The van der Waals surface area contributed by atoms with Crippen molar-refractivity contribution >= 4 is 29.1 Å². The Balaban J connectivity index is 1.79. The van der Waals surface area contributed by atoms with Crippen LogP contribution in [-0.2, 0) is 16.1 Å². The van der Waals surface area contributed by atoms with E-state index in [-0.39, 0.29) is 30.0 Å². The van der Waals surface area contributed by atoms with Crippen molar-refractivity contribution in [3.8, 4) is 0 Å². The van der Waals surface area contributed by atoms with Gasteiger partial charge in [0.05, 0.1) is 6.54 Å². The van der Waals surface area contributed by atoms with Crippen LogP contribution in [-0.4, -0.2) is 45.9 Å². The van der Waals surface area contributed by atoms with E-state index in [1.807, 2.05) is 0 Å². The lowest BCUT2D eigenvalue weighted by Crippen LogP contribution is -2.42. The lowest BCUT2D eigenvalue weighted by atomic mass is 9.96. The molecule has 0 bridgehead atoms. The number of hydrogen-bond acceptors (Lipinski definition) is 5. The molecular formula is C13H17N3O4S. The molecule has 0 aliphatic carbocycles. The van der Waals surface area contributed by atoms with Gasteiger partial charge in [0.2, 0.25) is 11.8 Å². The van der Waals surface area contributed by atoms with Crippen molar-refractivity contribution in [2.24, 2.45) is 5.92 Å². The number of rotatable bonds is 4. The highest BCUT2D eigenvalue weighted by Crippen LogP contribution is 2.18. The van der Waals surface area contributed by atoms with Crippen molar-refractivity contribution in [1.82, 2.24) is 15.2 Å². The Labute approximate surface area is 126 Å². The van der Waals surface area contributed by atoms with Crippen LogP contribution in [0, 0.1) is 5.92 Å². The highest BCUT2D eigenvalue weighted by atomic mass is 32.1. The van der Waals surface area contributed by atoms with E-state index in [2.05, 4.69) is 10.3 Å². The highest BCUT2D eigenvalue weighted by Gasteiger charge is 2.25. The van der Waals surface area contributed by atoms with E-state index in [4.69, 9.17) is 5.11 Å². The van der Waals surface area contributed by atoms with Gasteiger partial charge in [0.15, 0.2) is 5.69 Å². The Morgan fingerprint density at radius 2 is 2.10 bits per heavy atom. The molecule has 8 heteroatoms. The van der Waals surface area contributed by atoms with Crippen LogP contribution in [0.2, 0.25) is 0 Å². The quantitative estimate of drug-likeness (QED) is 0.853. The van der Waals surface area contributed by atoms with Crippen LogP contribution in [0.5, 0.6) is 0 Å². The van der Waals surface area contributed by atoms with Crippen molar-refractivity contribution < 1.29 is 19.5 Å². The molecule has 0 aromatic carbocycles. The van der Waals surface area contributed by atoms with E-state index in [0.29, 0.717) is 30.9 Å². The molecule has 21 heavy (non-hydrogen) atoms. The zero-order valence-corrected chi connectivity index (χ0v) is 12.5. The van der Waals surface area contributed by atoms with Gasteiger partial charge in [0, 0.05) is 31.3 Å². The Morgan fingerprint density at radius 3 is 2.62 bits per heavy atom. The number of amides is 2. The first-order valence-corrected chi connectivity index (χ1v) is 7.56. The van der Waals surface area contributed by atoms with Crippen LogP contribution >= 0.6 is 11.3 Å². The monoisotopic (exact) mass is 311 g/mol. The van der Waals surface area contributed by atoms with Crippen LogP contribution in [0.4, 0.5) is 0 Å². The zero-order chi connectivity index (χ0) is 15.4. The normalized spacial score (nSPS) is 15.8. The number of carboxylic acid groups (broad SMARTS) is 1. The molecule has 1 aliphatic rings. The summed E-state index contributed by atoms with van der Waals surface area (Å²) in [5.74, 6) is -1.19. The predicted molar refractivity (Wildman–Crippen MR) is 75.9 cm³/mol. The molecule has 1 aromatic heterocycles. The SMILES string of the molecule is CC(=O)N1CCC(C(=O)NCc2nc(C(=O)O)cs2)CC1. The van der Waals surface area contributed by atoms with E-state index in [1.165, 1.54) is 23.6 Å². The molecule has 7 nitrogen and oxygen atoms in total. The van der Waals surface area contributed by atoms with Crippen LogP contribution in [0.1, 0.15) is 35.3 Å². The van der Waals surface area contributed by atoms with Crippen molar-refractivity contribution in [2.45, 2.75) is 26.3 Å². The molecule has 0 saturated carbocycles. The predicted octanol–water partition coefficient (Wildman–Crippen LogP) is 0.716. The number of likely N-dealkylation sites (tertiary alicyclic amines) is 1. The average Bonchev–Trinajstić information content (AvgIpc) is 2.94. The second-order valence-electron chi connectivity index (χ2n) is 4.93. The van der Waals surface area contributed by atoms with E-state index in [1.54, 1.807) is 4.90 Å². The lowest BCUT2D eigenvalue weighted by molar-refractivity contribution is -0.134. The minimum atomic E-state index is -1.07. The fourth-order valence-corrected chi connectivity index (χ4v) is 2.96. The Morgan fingerprint density at radius 1 is 1.43 bits per heavy atom. The third-order valence-electron chi connectivity index (χ3n) is 3.50. The van der Waals surface area contributed by atoms with Gasteiger partial charge in [-0.05, 0) is 12.8 Å². The number of aromatic carboxylic acids is 1. The molecule has 2 N–H and O–H groups in total. The lowest BCUT2D eigenvalue weighted by Gasteiger charge is -2.30. The standard InChI is InChI=1S/C13H17N3O4S/c1-8(17)16-4-2-9(3-5-16)12(18)14-6-11-15-10(7-21-11)13(19)20/h7,9H,2-6H2,1H3,(H,14,18)(H,19,20). The van der Waals surface area contributed by atoms with Crippen LogP contribution in [0.3, 0.4) is 0 Å². The van der Waals surface area contributed by atoms with Crippen molar-refractivity contribution in [1.29, 1.82) is 0 Å². The van der Waals surface area contributed by atoms with Crippen molar-refractivity contribution in [3.05, 3.63) is 16.1 Å². The molecule has 0 atom stereocenters. The van der Waals surface area contributed by atoms with Gasteiger partial charge in [-0.2, -0.15) is 0 Å². The van der Waals surface area contributed by atoms with Crippen molar-refractivity contribution in [3.63, 3.8) is 0 Å². The molecule has 1 saturated heterocycles. The molecule has 0 radical (unpaired) electrons. The molecule has 1 aliphatic heterocycles. The van der Waals surface area contributed by atoms with Gasteiger partial charge >= 0.3 is 5.97 Å². The maximum atomic E-state index is 12.0. The molecule has 1 aromatic rings. The van der Waals surface area contributed by atoms with Gasteiger partial charge in [-0.25, -0.2) is 9.78 Å². The summed E-state index contributed by atoms with van der Waals surface area (Å²) in [6, 6.07) is 0. The minimum Gasteiger partial charge on any atom is -0.476 e. The molecule has 2 rings (SSSR count). The highest BCUT2D eigenvalue weighted by molar-refractivity contribution is 7.09. The zero-order valence-electron chi connectivity index (χ0n) is 11.7. The number of aromatic nitrogens is 1. The number of carbonyl (C=O) groups is 3. The Bertz CT molecular complexity index is 549. The first-order chi connectivity index (χ1) is 9.97. The maximum Gasteiger partial charge on any atom is 0.355 e. The topological polar surface area (TPSA) is 99.6 Å². The Hall–Kier alpha value is -1.96. The number of carbonyl (C=O) groups excluding carboxylic acids is 2. The van der Waals surface area contributed by atoms with Crippen LogP contribution in [0.25, 0.3) is 0 Å². The first kappa shape index (κ1) is 15.4. The van der Waals surface area contributed by atoms with Crippen LogP contribution in [0.15, 0.2) is 5.38 Å². The molecule has 2 amide bonds. The molecular weight excluding hydrogens is 294 g/mol. The summed E-state index contributed by atoms with van der Waals surface area (Å²) in [6.07, 6.45) is 1.31. The second-order valence-corrected chi connectivity index (χ2v) is 5.87. The van der Waals surface area contributed by atoms with Gasteiger partial charge in [0.25, 0.3) is 0 Å². The number of hydrogen-bond donors (Lipinski definition) is 2. The average molecular weight is 311 g/mol. The van der Waals surface area contributed by atoms with E-state index in [0.717, 1.165) is 0 Å². The number of piperidine rings is 1. The number of thiazole rings is 1. The van der Waals surface area contributed by atoms with E-state index in [9.17, 15) is 14.4 Å². The van der Waals surface area contributed by atoms with Crippen molar-refractivity contribution in [2.75, 3.05) is 13.1 Å². The third-order valence-corrected chi connectivity index (χ3v) is 4.34. The largest absolute Gasteiger partial charge is 0.476 e. The number of carboxylic acids is 1. The van der Waals surface area contributed by atoms with E-state index < -0.39 is 5.97 Å².